The van der Waals surface area contributed by atoms with Crippen LogP contribution < -0.4 is 11.0 Å². The van der Waals surface area contributed by atoms with E-state index in [2.05, 4.69) is 24.8 Å². The average Bonchev–Trinajstić information content (AvgIpc) is 3.00. The molecule has 0 saturated carbocycles. The molecule has 0 unspecified atom stereocenters. The van der Waals surface area contributed by atoms with Gasteiger partial charge in [-0.1, -0.05) is 206 Å². The number of hydroxylamine groups is 2. The van der Waals surface area contributed by atoms with E-state index in [9.17, 15) is 4.79 Å². The maximum Gasteiger partial charge on any atom is 0.547 e. The molecule has 0 bridgehead atoms. The van der Waals surface area contributed by atoms with Gasteiger partial charge in [0.15, 0.2) is 0 Å². The summed E-state index contributed by atoms with van der Waals surface area (Å²) in [6.07, 6.45) is 42.8. The summed E-state index contributed by atoms with van der Waals surface area (Å²) in [5, 5.41) is 0. The minimum Gasteiger partial charge on any atom is -0.337 e. The Labute approximate surface area is 263 Å². The smallest absolute Gasteiger partial charge is 0.337 e. The van der Waals surface area contributed by atoms with Crippen LogP contribution in [-0.4, -0.2) is 19.2 Å². The molecule has 0 aromatic rings. The molecular formula is C37H76N2O3. The lowest BCUT2D eigenvalue weighted by molar-refractivity contribution is -0.0141. The van der Waals surface area contributed by atoms with Gasteiger partial charge in [0.05, 0.1) is 0 Å². The van der Waals surface area contributed by atoms with Crippen molar-refractivity contribution < 1.29 is 14.5 Å². The second-order valence-corrected chi connectivity index (χ2v) is 12.8. The zero-order valence-electron chi connectivity index (χ0n) is 28.8. The molecule has 0 aliphatic carbocycles. The molecule has 5 heteroatoms. The molecule has 0 radical (unpaired) electrons. The SMILES string of the molecule is CCCCCCCCCCCCCCCCCCNOC(=O)ONCCCCCCCCCCCCCCCCCC. The first-order valence-electron chi connectivity index (χ1n) is 19.1. The van der Waals surface area contributed by atoms with E-state index in [-0.39, 0.29) is 0 Å². The van der Waals surface area contributed by atoms with Gasteiger partial charge in [-0.3, -0.25) is 0 Å². The Morgan fingerprint density at radius 1 is 0.333 bits per heavy atom. The summed E-state index contributed by atoms with van der Waals surface area (Å²) in [5.74, 6) is 0. The zero-order valence-corrected chi connectivity index (χ0v) is 28.8. The maximum atomic E-state index is 11.6. The van der Waals surface area contributed by atoms with Crippen LogP contribution in [0.4, 0.5) is 4.79 Å². The van der Waals surface area contributed by atoms with Crippen LogP contribution in [0.2, 0.25) is 0 Å². The molecule has 0 amide bonds. The number of unbranched alkanes of at least 4 members (excludes halogenated alkanes) is 30. The number of hydrogen-bond donors (Lipinski definition) is 2. The second-order valence-electron chi connectivity index (χ2n) is 12.8. The Hall–Kier alpha value is -0.810. The van der Waals surface area contributed by atoms with Crippen LogP contribution in [-0.2, 0) is 9.68 Å². The van der Waals surface area contributed by atoms with Crippen LogP contribution in [0.1, 0.15) is 219 Å². The Bertz CT molecular complexity index is 461. The van der Waals surface area contributed by atoms with E-state index in [1.807, 2.05) is 0 Å². The minimum atomic E-state index is -0.692. The molecule has 0 aliphatic rings. The number of nitrogens with one attached hydrogen (secondary N) is 2. The van der Waals surface area contributed by atoms with Gasteiger partial charge in [-0.05, 0) is 12.8 Å². The van der Waals surface area contributed by atoms with Gasteiger partial charge in [-0.15, -0.1) is 11.0 Å². The second kappa shape index (κ2) is 38.2. The predicted octanol–water partition coefficient (Wildman–Crippen LogP) is 12.7. The highest BCUT2D eigenvalue weighted by Crippen LogP contribution is 2.15. The third-order valence-electron chi connectivity index (χ3n) is 8.58. The average molecular weight is 597 g/mol. The van der Waals surface area contributed by atoms with Gasteiger partial charge in [-0.25, -0.2) is 0 Å². The van der Waals surface area contributed by atoms with E-state index in [4.69, 9.17) is 9.68 Å². The van der Waals surface area contributed by atoms with Gasteiger partial charge in [0, 0.05) is 13.1 Å². The first-order chi connectivity index (χ1) is 20.8. The molecule has 0 saturated heterocycles. The summed E-state index contributed by atoms with van der Waals surface area (Å²) < 4.78 is 0. The van der Waals surface area contributed by atoms with Crippen LogP contribution >= 0.6 is 0 Å². The molecular weight excluding hydrogens is 520 g/mol. The zero-order chi connectivity index (χ0) is 30.4. The summed E-state index contributed by atoms with van der Waals surface area (Å²) in [5.41, 5.74) is 5.46. The lowest BCUT2D eigenvalue weighted by Crippen LogP contribution is -2.27. The fourth-order valence-corrected chi connectivity index (χ4v) is 5.73. The van der Waals surface area contributed by atoms with Crippen LogP contribution in [0.5, 0.6) is 0 Å². The van der Waals surface area contributed by atoms with Crippen molar-refractivity contribution in [2.45, 2.75) is 219 Å². The summed E-state index contributed by atoms with van der Waals surface area (Å²) in [7, 11) is 0. The molecule has 0 aliphatic heterocycles. The van der Waals surface area contributed by atoms with Crippen molar-refractivity contribution in [3.05, 3.63) is 0 Å². The van der Waals surface area contributed by atoms with E-state index < -0.39 is 6.16 Å². The summed E-state index contributed by atoms with van der Waals surface area (Å²) in [6.45, 7) is 5.95. The van der Waals surface area contributed by atoms with E-state index in [0.717, 1.165) is 12.8 Å². The predicted molar refractivity (Wildman–Crippen MR) is 183 cm³/mol. The van der Waals surface area contributed by atoms with Gasteiger partial charge in [0.1, 0.15) is 0 Å². The van der Waals surface area contributed by atoms with E-state index >= 15 is 0 Å². The first-order valence-corrected chi connectivity index (χ1v) is 19.1. The molecule has 0 rings (SSSR count). The van der Waals surface area contributed by atoms with Gasteiger partial charge in [0.25, 0.3) is 0 Å². The molecule has 2 N–H and O–H groups in total. The lowest BCUT2D eigenvalue weighted by Gasteiger charge is -2.07. The Morgan fingerprint density at radius 3 is 0.738 bits per heavy atom. The van der Waals surface area contributed by atoms with Crippen molar-refractivity contribution in [3.8, 4) is 0 Å². The highest BCUT2D eigenvalue weighted by atomic mass is 16.9. The van der Waals surface area contributed by atoms with Gasteiger partial charge in [-0.2, -0.15) is 4.79 Å². The molecule has 0 heterocycles. The minimum absolute atomic E-state index is 0.687. The van der Waals surface area contributed by atoms with Crippen LogP contribution in [0.3, 0.4) is 0 Å². The largest absolute Gasteiger partial charge is 0.547 e. The van der Waals surface area contributed by atoms with E-state index in [1.165, 1.54) is 193 Å². The van der Waals surface area contributed by atoms with Gasteiger partial charge in [0.2, 0.25) is 0 Å². The van der Waals surface area contributed by atoms with E-state index in [1.54, 1.807) is 0 Å². The monoisotopic (exact) mass is 597 g/mol. The molecule has 42 heavy (non-hydrogen) atoms. The molecule has 0 spiro atoms. The fraction of sp³-hybridized carbons (Fsp3) is 0.973. The quantitative estimate of drug-likeness (QED) is 0.0556. The number of carbonyl (C=O) groups is 1. The Morgan fingerprint density at radius 2 is 0.524 bits per heavy atom. The molecule has 252 valence electrons. The lowest BCUT2D eigenvalue weighted by atomic mass is 10.0. The molecule has 0 atom stereocenters. The molecule has 0 fully saturated rings. The Balaban J connectivity index is 3.14. The topological polar surface area (TPSA) is 59.6 Å². The van der Waals surface area contributed by atoms with Crippen molar-refractivity contribution in [3.63, 3.8) is 0 Å². The van der Waals surface area contributed by atoms with Crippen molar-refractivity contribution in [2.24, 2.45) is 0 Å². The van der Waals surface area contributed by atoms with Crippen molar-refractivity contribution in [1.82, 2.24) is 11.0 Å². The normalized spacial score (nSPS) is 11.3. The third-order valence-corrected chi connectivity index (χ3v) is 8.58. The van der Waals surface area contributed by atoms with Gasteiger partial charge >= 0.3 is 6.16 Å². The molecule has 0 aromatic carbocycles. The summed E-state index contributed by atoms with van der Waals surface area (Å²) >= 11 is 0. The van der Waals surface area contributed by atoms with E-state index in [0.29, 0.717) is 13.1 Å². The van der Waals surface area contributed by atoms with Crippen LogP contribution in [0, 0.1) is 0 Å². The van der Waals surface area contributed by atoms with Crippen molar-refractivity contribution in [2.75, 3.05) is 13.1 Å². The summed E-state index contributed by atoms with van der Waals surface area (Å²) in [6, 6.07) is 0. The third kappa shape index (κ3) is 37.2. The highest BCUT2D eigenvalue weighted by Gasteiger charge is 2.03. The van der Waals surface area contributed by atoms with Crippen molar-refractivity contribution >= 4 is 6.16 Å². The maximum absolute atomic E-state index is 11.6. The van der Waals surface area contributed by atoms with Gasteiger partial charge < -0.3 is 9.68 Å². The number of carbonyl (C=O) groups excluding carboxylic acids is 1. The Kier molecular flexibility index (Phi) is 37.5. The number of rotatable bonds is 36. The van der Waals surface area contributed by atoms with Crippen molar-refractivity contribution in [1.29, 1.82) is 0 Å². The standard InChI is InChI=1S/C37H76N2O3/c1-3-5-7-9-11-13-15-17-19-21-23-25-27-29-31-33-35-38-41-37(40)42-39-36-34-32-30-28-26-24-22-20-18-16-14-12-10-8-6-4-2/h38-39H,3-36H2,1-2H3. The fourth-order valence-electron chi connectivity index (χ4n) is 5.73. The van der Waals surface area contributed by atoms with Crippen LogP contribution in [0.15, 0.2) is 0 Å². The highest BCUT2D eigenvalue weighted by molar-refractivity contribution is 5.58. The summed E-state index contributed by atoms with van der Waals surface area (Å²) in [4.78, 5) is 21.5. The van der Waals surface area contributed by atoms with Crippen LogP contribution in [0.25, 0.3) is 0 Å². The molecule has 5 nitrogen and oxygen atoms in total. The molecule has 0 aromatic heterocycles. The first kappa shape index (κ1) is 41.2. The number of hydrogen-bond acceptors (Lipinski definition) is 5.